The maximum Gasteiger partial charge on any atom is 0.328 e. The van der Waals surface area contributed by atoms with Crippen LogP contribution in [0.4, 0.5) is 10.5 Å². The second-order valence-corrected chi connectivity index (χ2v) is 16.2. The van der Waals surface area contributed by atoms with Crippen LogP contribution in [0.3, 0.4) is 0 Å². The van der Waals surface area contributed by atoms with Crippen molar-refractivity contribution < 1.29 is 37.6 Å². The summed E-state index contributed by atoms with van der Waals surface area (Å²) in [7, 11) is -2.60. The average molecular weight is 775 g/mol. The number of nitrogens with one attached hydrogen (secondary N) is 1. The number of nitrogens with zero attached hydrogens (tertiary/aromatic N) is 5. The van der Waals surface area contributed by atoms with Crippen molar-refractivity contribution in [3.05, 3.63) is 106 Å². The number of carbonyl (C=O) groups excluding carboxylic acids is 3. The molecule has 15 nitrogen and oxygen atoms in total. The number of aliphatic hydroxyl groups excluding tert-OH is 1. The zero-order valence-corrected chi connectivity index (χ0v) is 32.2. The van der Waals surface area contributed by atoms with Crippen molar-refractivity contribution in [2.75, 3.05) is 26.7 Å². The molecule has 0 bridgehead atoms. The number of nitro benzene ring substituents is 1. The van der Waals surface area contributed by atoms with E-state index in [1.165, 1.54) is 46.6 Å². The van der Waals surface area contributed by atoms with Crippen LogP contribution in [0.25, 0.3) is 10.9 Å². The van der Waals surface area contributed by atoms with Gasteiger partial charge in [-0.2, -0.15) is 4.31 Å². The van der Waals surface area contributed by atoms with E-state index in [0.29, 0.717) is 22.3 Å². The van der Waals surface area contributed by atoms with Crippen LogP contribution in [0.5, 0.6) is 5.75 Å². The molecule has 5 rings (SSSR count). The molecular weight excluding hydrogens is 729 g/mol. The Bertz CT molecular complexity index is 2130. The summed E-state index contributed by atoms with van der Waals surface area (Å²) in [5.74, 6) is -1.23. The van der Waals surface area contributed by atoms with Crippen LogP contribution >= 0.6 is 0 Å². The molecule has 3 aromatic carbocycles. The summed E-state index contributed by atoms with van der Waals surface area (Å²) in [6.07, 6.45) is -1.23. The van der Waals surface area contributed by atoms with Gasteiger partial charge < -0.3 is 20.1 Å². The minimum absolute atomic E-state index is 0.0225. The van der Waals surface area contributed by atoms with Crippen molar-refractivity contribution in [2.24, 2.45) is 11.8 Å². The van der Waals surface area contributed by atoms with Gasteiger partial charge >= 0.3 is 6.03 Å². The number of rotatable bonds is 17. The second-order valence-electron chi connectivity index (χ2n) is 14.3. The Balaban J connectivity index is 1.37. The third-order valence-electron chi connectivity index (χ3n) is 9.33. The smallest absolute Gasteiger partial charge is 0.328 e. The molecule has 16 heteroatoms. The predicted molar refractivity (Wildman–Crippen MR) is 204 cm³/mol. The predicted octanol–water partition coefficient (Wildman–Crippen LogP) is 4.38. The fraction of sp³-hybridized carbons (Fsp3) is 0.385. The zero-order valence-electron chi connectivity index (χ0n) is 31.4. The number of aromatic nitrogens is 1. The molecule has 2 heterocycles. The lowest BCUT2D eigenvalue weighted by molar-refractivity contribution is -0.384. The van der Waals surface area contributed by atoms with Crippen LogP contribution < -0.4 is 10.1 Å². The van der Waals surface area contributed by atoms with Crippen LogP contribution in [-0.4, -0.2) is 100 Å². The van der Waals surface area contributed by atoms with Crippen molar-refractivity contribution in [2.45, 2.75) is 63.7 Å². The van der Waals surface area contributed by atoms with Gasteiger partial charge in [-0.3, -0.25) is 29.6 Å². The highest BCUT2D eigenvalue weighted by atomic mass is 32.2. The van der Waals surface area contributed by atoms with E-state index in [1.54, 1.807) is 38.1 Å². The molecule has 1 aliphatic rings. The number of urea groups is 1. The number of aliphatic hydroxyl groups is 1. The van der Waals surface area contributed by atoms with E-state index in [-0.39, 0.29) is 49.1 Å². The molecule has 1 aliphatic heterocycles. The first-order valence-corrected chi connectivity index (χ1v) is 19.3. The minimum atomic E-state index is -4.08. The summed E-state index contributed by atoms with van der Waals surface area (Å²) in [5.41, 5.74) is 1.50. The molecule has 3 atom stereocenters. The fourth-order valence-electron chi connectivity index (χ4n) is 6.59. The number of pyridine rings is 1. The monoisotopic (exact) mass is 774 g/mol. The van der Waals surface area contributed by atoms with Gasteiger partial charge in [0.15, 0.2) is 0 Å². The van der Waals surface area contributed by atoms with Crippen molar-refractivity contribution in [1.82, 2.24) is 24.4 Å². The van der Waals surface area contributed by atoms with Crippen LogP contribution in [0, 0.1) is 22.0 Å². The molecule has 0 saturated carbocycles. The molecule has 292 valence electrons. The second kappa shape index (κ2) is 17.3. The van der Waals surface area contributed by atoms with Crippen LogP contribution in [0.15, 0.2) is 89.8 Å². The fourth-order valence-corrected chi connectivity index (χ4v) is 8.21. The molecule has 0 spiro atoms. The first kappa shape index (κ1) is 40.7. The highest BCUT2D eigenvalue weighted by Crippen LogP contribution is 2.25. The van der Waals surface area contributed by atoms with Gasteiger partial charge in [0.2, 0.25) is 15.9 Å². The molecule has 4 amide bonds. The lowest BCUT2D eigenvalue weighted by Crippen LogP contribution is -2.57. The normalized spacial score (nSPS) is 15.2. The summed E-state index contributed by atoms with van der Waals surface area (Å²) in [4.78, 5) is 58.7. The zero-order chi connectivity index (χ0) is 40.0. The van der Waals surface area contributed by atoms with Crippen molar-refractivity contribution in [3.8, 4) is 5.75 Å². The number of imide groups is 1. The van der Waals surface area contributed by atoms with E-state index in [4.69, 9.17) is 4.74 Å². The number of methoxy groups -OCH3 is 1. The quantitative estimate of drug-likeness (QED) is 0.0884. The van der Waals surface area contributed by atoms with Crippen LogP contribution in [-0.2, 0) is 32.6 Å². The topological polar surface area (TPSA) is 193 Å². The van der Waals surface area contributed by atoms with Gasteiger partial charge in [0.25, 0.3) is 11.6 Å². The molecule has 4 aromatic rings. The third kappa shape index (κ3) is 9.62. The van der Waals surface area contributed by atoms with E-state index in [2.05, 4.69) is 10.3 Å². The third-order valence-corrected chi connectivity index (χ3v) is 11.2. The van der Waals surface area contributed by atoms with Gasteiger partial charge in [0, 0.05) is 30.6 Å². The number of hydrogen-bond acceptors (Lipinski definition) is 10. The molecule has 1 fully saturated rings. The van der Waals surface area contributed by atoms with Gasteiger partial charge in [-0.15, -0.1) is 0 Å². The summed E-state index contributed by atoms with van der Waals surface area (Å²) < 4.78 is 34.2. The molecule has 0 aliphatic carbocycles. The number of hydrogen-bond donors (Lipinski definition) is 2. The molecule has 1 saturated heterocycles. The van der Waals surface area contributed by atoms with Gasteiger partial charge in [0.05, 0.1) is 46.8 Å². The number of carbonyl (C=O) groups is 3. The van der Waals surface area contributed by atoms with E-state index in [1.807, 2.05) is 44.2 Å². The van der Waals surface area contributed by atoms with Gasteiger partial charge in [-0.05, 0) is 60.2 Å². The molecule has 1 unspecified atom stereocenters. The maximum atomic E-state index is 14.2. The largest absolute Gasteiger partial charge is 0.497 e. The average Bonchev–Trinajstić information content (AvgIpc) is 3.41. The Morgan fingerprint density at radius 3 is 2.31 bits per heavy atom. The van der Waals surface area contributed by atoms with Gasteiger partial charge in [-0.1, -0.05) is 64.1 Å². The Kier molecular flexibility index (Phi) is 12.8. The maximum absolute atomic E-state index is 14.2. The minimum Gasteiger partial charge on any atom is -0.497 e. The number of non-ortho nitro benzene ring substituents is 1. The summed E-state index contributed by atoms with van der Waals surface area (Å²) >= 11 is 0. The Morgan fingerprint density at radius 2 is 1.69 bits per heavy atom. The molecule has 2 N–H and O–H groups in total. The number of benzene rings is 3. The SMILES string of the molecule is COc1ccc(S(=O)(=O)N(CC(C)C)C[C@@H](O)[C@H](Cc2ccccc2)NC(=O)C(C(C)C)N2CC(=O)N(Cc3ccc4cc([N+](=O)[O-])ccc4n3)C2=O)cc1. The van der Waals surface area contributed by atoms with Crippen molar-refractivity contribution >= 4 is 44.5 Å². The van der Waals surface area contributed by atoms with Crippen molar-refractivity contribution in [1.29, 1.82) is 0 Å². The van der Waals surface area contributed by atoms with E-state index in [0.717, 1.165) is 10.5 Å². The Morgan fingerprint density at radius 1 is 1.00 bits per heavy atom. The highest BCUT2D eigenvalue weighted by Gasteiger charge is 2.44. The highest BCUT2D eigenvalue weighted by molar-refractivity contribution is 7.89. The van der Waals surface area contributed by atoms with Crippen LogP contribution in [0.2, 0.25) is 0 Å². The lowest BCUT2D eigenvalue weighted by atomic mass is 9.97. The first-order valence-electron chi connectivity index (χ1n) is 17.9. The standard InChI is InChI=1S/C39H46N6O9S/c1-25(2)21-42(55(52,53)32-16-14-31(54-5)15-17-32)23-35(46)34(19-27-9-7-6-8-10-27)41-38(48)37(26(3)4)44-24-36(47)43(39(44)49)22-29-12-11-28-20-30(45(50)51)13-18-33(28)40-29/h6-18,20,25-26,34-35,37,46H,19,21-24H2,1-5H3,(H,41,48)/t34-,35+,37?/m0/s1. The Hall–Kier alpha value is -5.45. The number of sulfonamides is 1. The van der Waals surface area contributed by atoms with Gasteiger partial charge in [-0.25, -0.2) is 13.2 Å². The molecule has 55 heavy (non-hydrogen) atoms. The number of fused-ring (bicyclic) bond motifs is 1. The number of ether oxygens (including phenoxy) is 1. The molecule has 0 radical (unpaired) electrons. The first-order chi connectivity index (χ1) is 26.1. The summed E-state index contributed by atoms with van der Waals surface area (Å²) in [6.45, 7) is 6.41. The lowest BCUT2D eigenvalue weighted by Gasteiger charge is -2.34. The van der Waals surface area contributed by atoms with Crippen LogP contribution in [0.1, 0.15) is 39.0 Å². The van der Waals surface area contributed by atoms with E-state index < -0.39 is 56.9 Å². The number of nitro groups is 1. The van der Waals surface area contributed by atoms with E-state index >= 15 is 0 Å². The number of amides is 4. The van der Waals surface area contributed by atoms with Crippen molar-refractivity contribution in [3.63, 3.8) is 0 Å². The molecular formula is C39H46N6O9S. The summed E-state index contributed by atoms with van der Waals surface area (Å²) in [5, 5.41) is 26.4. The van der Waals surface area contributed by atoms with E-state index in [9.17, 15) is 38.0 Å². The summed E-state index contributed by atoms with van der Waals surface area (Å²) in [6, 6.07) is 19.7. The Labute approximate surface area is 320 Å². The molecule has 1 aromatic heterocycles. The van der Waals surface area contributed by atoms with Gasteiger partial charge in [0.1, 0.15) is 18.3 Å².